The van der Waals surface area contributed by atoms with Gasteiger partial charge in [0.15, 0.2) is 5.75 Å². The number of hydrogen-bond donors (Lipinski definition) is 1. The third kappa shape index (κ3) is 4.78. The standard InChI is InChI=1S/C22H27NO3/c1-2-25-22(24)16-6-4-3-5-12-18-17-11-7-9-14-20(17)26-21-15-10-8-13-19(21)23-18/h7-11,13-15,18,23H,2-6,12,16H2,1H3. The van der Waals surface area contributed by atoms with Gasteiger partial charge in [-0.3, -0.25) is 4.79 Å². The predicted octanol–water partition coefficient (Wildman–Crippen LogP) is 5.85. The number of esters is 1. The van der Waals surface area contributed by atoms with Gasteiger partial charge in [-0.25, -0.2) is 0 Å². The van der Waals surface area contributed by atoms with Crippen molar-refractivity contribution in [2.75, 3.05) is 11.9 Å². The molecule has 0 aromatic heterocycles. The van der Waals surface area contributed by atoms with Crippen LogP contribution in [0.15, 0.2) is 48.5 Å². The van der Waals surface area contributed by atoms with E-state index in [1.54, 1.807) is 0 Å². The molecular weight excluding hydrogens is 326 g/mol. The minimum Gasteiger partial charge on any atom is -0.466 e. The number of rotatable bonds is 8. The van der Waals surface area contributed by atoms with E-state index < -0.39 is 0 Å². The van der Waals surface area contributed by atoms with Crippen molar-refractivity contribution >= 4 is 11.7 Å². The van der Waals surface area contributed by atoms with Crippen LogP contribution in [0.25, 0.3) is 0 Å². The lowest BCUT2D eigenvalue weighted by Crippen LogP contribution is -2.09. The Hall–Kier alpha value is -2.49. The van der Waals surface area contributed by atoms with E-state index >= 15 is 0 Å². The molecule has 1 heterocycles. The Bertz CT molecular complexity index is 729. The van der Waals surface area contributed by atoms with Gasteiger partial charge < -0.3 is 14.8 Å². The van der Waals surface area contributed by atoms with E-state index in [0.29, 0.717) is 13.0 Å². The Morgan fingerprint density at radius 2 is 1.73 bits per heavy atom. The van der Waals surface area contributed by atoms with Crippen molar-refractivity contribution in [3.8, 4) is 11.5 Å². The fourth-order valence-corrected chi connectivity index (χ4v) is 3.35. The molecule has 0 amide bonds. The molecule has 1 aliphatic heterocycles. The predicted molar refractivity (Wildman–Crippen MR) is 104 cm³/mol. The second-order valence-corrected chi connectivity index (χ2v) is 6.59. The highest BCUT2D eigenvalue weighted by molar-refractivity contribution is 5.69. The second-order valence-electron chi connectivity index (χ2n) is 6.59. The van der Waals surface area contributed by atoms with E-state index in [-0.39, 0.29) is 12.0 Å². The van der Waals surface area contributed by atoms with E-state index in [2.05, 4.69) is 23.5 Å². The first kappa shape index (κ1) is 18.3. The van der Waals surface area contributed by atoms with Crippen LogP contribution < -0.4 is 10.1 Å². The zero-order valence-corrected chi connectivity index (χ0v) is 15.4. The molecule has 1 N–H and O–H groups in total. The van der Waals surface area contributed by atoms with Crippen LogP contribution in [0.2, 0.25) is 0 Å². The fourth-order valence-electron chi connectivity index (χ4n) is 3.35. The monoisotopic (exact) mass is 353 g/mol. The Morgan fingerprint density at radius 3 is 2.58 bits per heavy atom. The highest BCUT2D eigenvalue weighted by atomic mass is 16.5. The summed E-state index contributed by atoms with van der Waals surface area (Å²) < 4.78 is 11.1. The normalized spacial score (nSPS) is 15.0. The van der Waals surface area contributed by atoms with E-state index in [0.717, 1.165) is 49.3 Å². The first-order chi connectivity index (χ1) is 12.8. The number of anilines is 1. The van der Waals surface area contributed by atoms with E-state index in [1.807, 2.05) is 37.3 Å². The molecular formula is C22H27NO3. The van der Waals surface area contributed by atoms with Crippen molar-refractivity contribution < 1.29 is 14.3 Å². The molecule has 26 heavy (non-hydrogen) atoms. The number of unbranched alkanes of at least 4 members (excludes halogenated alkanes) is 3. The van der Waals surface area contributed by atoms with Crippen molar-refractivity contribution in [2.45, 2.75) is 51.5 Å². The van der Waals surface area contributed by atoms with Gasteiger partial charge in [-0.1, -0.05) is 49.6 Å². The highest BCUT2D eigenvalue weighted by Crippen LogP contribution is 2.41. The van der Waals surface area contributed by atoms with Gasteiger partial charge >= 0.3 is 5.97 Å². The van der Waals surface area contributed by atoms with Crippen LogP contribution in [0.5, 0.6) is 11.5 Å². The molecule has 4 nitrogen and oxygen atoms in total. The Morgan fingerprint density at radius 1 is 1.00 bits per heavy atom. The van der Waals surface area contributed by atoms with Crippen molar-refractivity contribution in [3.05, 3.63) is 54.1 Å². The lowest BCUT2D eigenvalue weighted by molar-refractivity contribution is -0.143. The molecule has 0 radical (unpaired) electrons. The van der Waals surface area contributed by atoms with Gasteiger partial charge in [-0.2, -0.15) is 0 Å². The molecule has 4 heteroatoms. The molecule has 1 aliphatic rings. The maximum atomic E-state index is 11.4. The van der Waals surface area contributed by atoms with Crippen molar-refractivity contribution in [1.29, 1.82) is 0 Å². The summed E-state index contributed by atoms with van der Waals surface area (Å²) in [5, 5.41) is 3.64. The molecule has 0 saturated heterocycles. The maximum Gasteiger partial charge on any atom is 0.305 e. The third-order valence-corrected chi connectivity index (χ3v) is 4.66. The van der Waals surface area contributed by atoms with E-state index in [1.165, 1.54) is 5.56 Å². The van der Waals surface area contributed by atoms with Crippen LogP contribution in [-0.2, 0) is 9.53 Å². The summed E-state index contributed by atoms with van der Waals surface area (Å²) in [5.41, 5.74) is 2.24. The van der Waals surface area contributed by atoms with Gasteiger partial charge in [0.2, 0.25) is 0 Å². The van der Waals surface area contributed by atoms with Crippen LogP contribution in [0.3, 0.4) is 0 Å². The molecule has 3 rings (SSSR count). The molecule has 1 unspecified atom stereocenters. The zero-order chi connectivity index (χ0) is 18.2. The Labute approximate surface area is 155 Å². The molecule has 138 valence electrons. The maximum absolute atomic E-state index is 11.4. The van der Waals surface area contributed by atoms with Crippen LogP contribution in [0.1, 0.15) is 57.1 Å². The molecule has 1 atom stereocenters. The van der Waals surface area contributed by atoms with Crippen LogP contribution in [0.4, 0.5) is 5.69 Å². The molecule has 0 spiro atoms. The molecule has 0 saturated carbocycles. The first-order valence-corrected chi connectivity index (χ1v) is 9.56. The van der Waals surface area contributed by atoms with Crippen molar-refractivity contribution in [3.63, 3.8) is 0 Å². The number of fused-ring (bicyclic) bond motifs is 2. The van der Waals surface area contributed by atoms with Gasteiger partial charge in [-0.15, -0.1) is 0 Å². The average molecular weight is 353 g/mol. The quantitative estimate of drug-likeness (QED) is 0.478. The second kappa shape index (κ2) is 9.27. The smallest absolute Gasteiger partial charge is 0.305 e. The number of benzene rings is 2. The summed E-state index contributed by atoms with van der Waals surface area (Å²) in [6, 6.07) is 16.6. The molecule has 0 fully saturated rings. The summed E-state index contributed by atoms with van der Waals surface area (Å²) in [6.45, 7) is 2.31. The zero-order valence-electron chi connectivity index (χ0n) is 15.4. The summed E-state index contributed by atoms with van der Waals surface area (Å²) in [6.07, 6.45) is 5.74. The summed E-state index contributed by atoms with van der Waals surface area (Å²) in [7, 11) is 0. The minimum atomic E-state index is -0.0828. The number of nitrogens with one attached hydrogen (secondary N) is 1. The van der Waals surface area contributed by atoms with E-state index in [4.69, 9.17) is 9.47 Å². The minimum absolute atomic E-state index is 0.0828. The highest BCUT2D eigenvalue weighted by Gasteiger charge is 2.21. The number of carbonyl (C=O) groups excluding carboxylic acids is 1. The SMILES string of the molecule is CCOC(=O)CCCCCCC1Nc2ccccc2Oc2ccccc21. The van der Waals surface area contributed by atoms with Crippen LogP contribution in [0, 0.1) is 0 Å². The van der Waals surface area contributed by atoms with Gasteiger partial charge in [0.1, 0.15) is 5.75 Å². The number of hydrogen-bond acceptors (Lipinski definition) is 4. The van der Waals surface area contributed by atoms with Gasteiger partial charge in [0.05, 0.1) is 18.3 Å². The van der Waals surface area contributed by atoms with Crippen molar-refractivity contribution in [1.82, 2.24) is 0 Å². The number of ether oxygens (including phenoxy) is 2. The largest absolute Gasteiger partial charge is 0.466 e. The molecule has 0 bridgehead atoms. The Balaban J connectivity index is 1.55. The fraction of sp³-hybridized carbons (Fsp3) is 0.409. The van der Waals surface area contributed by atoms with E-state index in [9.17, 15) is 4.79 Å². The summed E-state index contributed by atoms with van der Waals surface area (Å²) >= 11 is 0. The summed E-state index contributed by atoms with van der Waals surface area (Å²) in [5.74, 6) is 1.72. The first-order valence-electron chi connectivity index (χ1n) is 9.56. The average Bonchev–Trinajstić information content (AvgIpc) is 2.81. The molecule has 2 aromatic rings. The third-order valence-electron chi connectivity index (χ3n) is 4.66. The summed E-state index contributed by atoms with van der Waals surface area (Å²) in [4.78, 5) is 11.4. The van der Waals surface area contributed by atoms with Gasteiger partial charge in [-0.05, 0) is 38.0 Å². The van der Waals surface area contributed by atoms with Crippen LogP contribution in [-0.4, -0.2) is 12.6 Å². The van der Waals surface area contributed by atoms with Gasteiger partial charge in [0.25, 0.3) is 0 Å². The lowest BCUT2D eigenvalue weighted by atomic mass is 9.99. The Kier molecular flexibility index (Phi) is 6.53. The number of carbonyl (C=O) groups is 1. The van der Waals surface area contributed by atoms with Crippen molar-refractivity contribution in [2.24, 2.45) is 0 Å². The number of para-hydroxylation sites is 3. The van der Waals surface area contributed by atoms with Gasteiger partial charge in [0, 0.05) is 12.0 Å². The van der Waals surface area contributed by atoms with Crippen LogP contribution >= 0.6 is 0 Å². The lowest BCUT2D eigenvalue weighted by Gasteiger charge is -2.19. The topological polar surface area (TPSA) is 47.6 Å². The molecule has 2 aromatic carbocycles. The molecule has 0 aliphatic carbocycles.